The zero-order chi connectivity index (χ0) is 90.9. The van der Waals surface area contributed by atoms with Crippen LogP contribution in [0.5, 0.6) is 46.0 Å². The van der Waals surface area contributed by atoms with Gasteiger partial charge in [-0.1, -0.05) is 42.5 Å². The quantitative estimate of drug-likeness (QED) is 0.0299. The average Bonchev–Trinajstić information content (AvgIpc) is 1.50. The molecule has 0 atom stereocenters. The van der Waals surface area contributed by atoms with E-state index in [1.807, 2.05) is 140 Å². The fraction of sp³-hybridized carbons (Fsp3) is 0.167. The van der Waals surface area contributed by atoms with Gasteiger partial charge in [-0.3, -0.25) is 4.98 Å². The van der Waals surface area contributed by atoms with Crippen molar-refractivity contribution in [1.82, 2.24) is 4.98 Å². The highest BCUT2D eigenvalue weighted by atomic mass is 19.4. The molecule has 0 saturated carbocycles. The molecule has 0 radical (unpaired) electrons. The molecular formula is C102H76F3N3O24. The minimum atomic E-state index is -4.48. The van der Waals surface area contributed by atoms with Gasteiger partial charge in [-0.05, 0) is 262 Å². The van der Waals surface area contributed by atoms with Crippen molar-refractivity contribution < 1.29 is 130 Å². The van der Waals surface area contributed by atoms with E-state index in [4.69, 9.17) is 56.8 Å². The van der Waals surface area contributed by atoms with Crippen LogP contribution in [0.1, 0.15) is 114 Å². The summed E-state index contributed by atoms with van der Waals surface area (Å²) in [5.74, 6) is 3.15. The van der Waals surface area contributed by atoms with E-state index < -0.39 is 29.6 Å². The maximum atomic E-state index is 13.1. The highest BCUT2D eigenvalue weighted by Crippen LogP contribution is 2.53. The number of aromatic nitrogens is 1. The highest BCUT2D eigenvalue weighted by Gasteiger charge is 2.39. The van der Waals surface area contributed by atoms with Crippen LogP contribution in [0.4, 0.5) is 35.9 Å². The number of alkyl halides is 3. The number of pyridine rings is 1. The smallest absolute Gasteiger partial charge is 0.416 e. The predicted octanol–water partition coefficient (Wildman–Crippen LogP) is 17.1. The molecule has 0 saturated heterocycles. The predicted molar refractivity (Wildman–Crippen MR) is 474 cm³/mol. The van der Waals surface area contributed by atoms with Crippen molar-refractivity contribution >= 4 is 89.7 Å². The van der Waals surface area contributed by atoms with Crippen molar-refractivity contribution in [2.75, 3.05) is 37.8 Å². The topological polar surface area (TPSA) is 378 Å². The first-order chi connectivity index (χ1) is 64.3. The maximum Gasteiger partial charge on any atom is 0.416 e. The van der Waals surface area contributed by atoms with Gasteiger partial charge < -0.3 is 108 Å². The molecule has 8 aliphatic rings. The van der Waals surface area contributed by atoms with Crippen molar-refractivity contribution in [3.8, 4) is 102 Å². The molecule has 8 aliphatic heterocycles. The van der Waals surface area contributed by atoms with Crippen molar-refractivity contribution in [3.05, 3.63) is 301 Å². The molecule has 1 aromatic heterocycles. The van der Waals surface area contributed by atoms with E-state index in [0.717, 1.165) is 106 Å². The normalized spacial score (nSPS) is 14.1. The molecule has 0 amide bonds. The van der Waals surface area contributed by atoms with E-state index in [0.29, 0.717) is 163 Å². The lowest BCUT2D eigenvalue weighted by atomic mass is 9.83. The third kappa shape index (κ3) is 15.1. The van der Waals surface area contributed by atoms with Crippen molar-refractivity contribution in [1.29, 1.82) is 0 Å². The van der Waals surface area contributed by atoms with Gasteiger partial charge in [-0.2, -0.15) is 13.2 Å². The Bertz CT molecular complexity index is 7300. The summed E-state index contributed by atoms with van der Waals surface area (Å²) in [5, 5.41) is 91.9. The molecule has 0 spiro atoms. The molecular weight excluding hydrogens is 1710 g/mol. The first-order valence-electron chi connectivity index (χ1n) is 41.7. The van der Waals surface area contributed by atoms with Crippen LogP contribution >= 0.6 is 0 Å². The largest absolute Gasteiger partial charge is 0.457 e. The number of benzene rings is 14. The number of para-hydroxylation sites is 1. The fourth-order valence-corrected chi connectivity index (χ4v) is 18.2. The lowest BCUT2D eigenvalue weighted by molar-refractivity contribution is -0.137. The number of rotatable bonds is 17. The number of fused-ring (bicyclic) bond motifs is 12. The number of nitrogens with one attached hydrogen (secondary N) is 2. The number of cyclic esters (lactones) is 4. The Morgan fingerprint density at radius 2 is 0.598 bits per heavy atom. The summed E-state index contributed by atoms with van der Waals surface area (Å²) in [6.45, 7) is -1.000. The summed E-state index contributed by atoms with van der Waals surface area (Å²) in [7, 11) is 0. The summed E-state index contributed by atoms with van der Waals surface area (Å²) in [5.41, 5.74) is 18.4. The van der Waals surface area contributed by atoms with Crippen LogP contribution < -0.4 is 48.5 Å². The number of hydrogen-bond acceptors (Lipinski definition) is 27. The number of nitrogens with zero attached hydrogens (tertiary/aromatic N) is 1. The van der Waals surface area contributed by atoms with E-state index in [1.54, 1.807) is 42.7 Å². The molecule has 0 aliphatic carbocycles. The number of carbonyl (C=O) groups is 4. The first-order valence-corrected chi connectivity index (χ1v) is 41.7. The number of aliphatic hydroxyl groups is 8. The van der Waals surface area contributed by atoms with E-state index in [9.17, 15) is 73.2 Å². The Morgan fingerprint density at radius 1 is 0.280 bits per heavy atom. The van der Waals surface area contributed by atoms with E-state index >= 15 is 0 Å². The van der Waals surface area contributed by atoms with Crippen molar-refractivity contribution in [2.45, 2.75) is 85.5 Å². The van der Waals surface area contributed by atoms with Crippen LogP contribution in [0, 0.1) is 0 Å². The third-order valence-corrected chi connectivity index (χ3v) is 24.5. The Balaban J connectivity index is 0.000000110. The second-order valence-electron chi connectivity index (χ2n) is 31.7. The summed E-state index contributed by atoms with van der Waals surface area (Å²) >= 11 is 0. The molecule has 10 N–H and O–H groups in total. The zero-order valence-corrected chi connectivity index (χ0v) is 69.6. The Morgan fingerprint density at radius 3 is 0.992 bits per heavy atom. The number of anilines is 4. The molecule has 14 aromatic carbocycles. The summed E-state index contributed by atoms with van der Waals surface area (Å²) in [6.07, 6.45) is -1.08. The lowest BCUT2D eigenvalue weighted by Gasteiger charge is -2.20. The molecule has 23 rings (SSSR count). The van der Waals surface area contributed by atoms with Crippen molar-refractivity contribution in [2.24, 2.45) is 0 Å². The summed E-state index contributed by atoms with van der Waals surface area (Å²) in [4.78, 5) is 55.7. The van der Waals surface area contributed by atoms with Crippen LogP contribution in [-0.4, -0.2) is 96.9 Å². The zero-order valence-electron chi connectivity index (χ0n) is 69.6. The molecule has 27 nitrogen and oxygen atoms in total. The van der Waals surface area contributed by atoms with Crippen LogP contribution in [0.2, 0.25) is 0 Å². The molecule has 15 aromatic rings. The minimum absolute atomic E-state index is 0.0547. The van der Waals surface area contributed by atoms with Gasteiger partial charge in [-0.25, -0.2) is 19.2 Å². The lowest BCUT2D eigenvalue weighted by Crippen LogP contribution is -2.06. The van der Waals surface area contributed by atoms with Crippen LogP contribution in [0.15, 0.2) is 207 Å². The minimum Gasteiger partial charge on any atom is -0.457 e. The molecule has 30 heteroatoms. The number of aliphatic hydroxyl groups excluding tert-OH is 8. The highest BCUT2D eigenvalue weighted by molar-refractivity contribution is 6.20. The first kappa shape index (κ1) is 84.8. The fourth-order valence-electron chi connectivity index (χ4n) is 18.2. The maximum absolute atomic E-state index is 13.1. The van der Waals surface area contributed by atoms with E-state index in [-0.39, 0.29) is 112 Å². The Labute approximate surface area is 747 Å². The second kappa shape index (κ2) is 34.9. The van der Waals surface area contributed by atoms with Gasteiger partial charge in [0.2, 0.25) is 27.2 Å². The van der Waals surface area contributed by atoms with Crippen LogP contribution in [0.3, 0.4) is 0 Å². The third-order valence-electron chi connectivity index (χ3n) is 24.5. The number of hydrogen-bond donors (Lipinski definition) is 10. The average molecular weight is 1780 g/mol. The molecule has 0 bridgehead atoms. The van der Waals surface area contributed by atoms with E-state index in [1.165, 1.54) is 12.1 Å². The van der Waals surface area contributed by atoms with Gasteiger partial charge in [0.15, 0.2) is 46.0 Å². The van der Waals surface area contributed by atoms with Crippen LogP contribution in [0.25, 0.3) is 98.7 Å². The van der Waals surface area contributed by atoms with E-state index in [2.05, 4.69) is 15.6 Å². The Hall–Kier alpha value is -15.4. The van der Waals surface area contributed by atoms with Crippen molar-refractivity contribution in [3.63, 3.8) is 0 Å². The van der Waals surface area contributed by atoms with Gasteiger partial charge in [-0.15, -0.1) is 0 Å². The molecule has 0 fully saturated rings. The number of esters is 4. The van der Waals surface area contributed by atoms with Gasteiger partial charge in [0.25, 0.3) is 0 Å². The number of ether oxygens (including phenoxy) is 12. The van der Waals surface area contributed by atoms with Gasteiger partial charge in [0, 0.05) is 79.0 Å². The molecule has 664 valence electrons. The molecule has 9 heterocycles. The number of halogens is 3. The second-order valence-corrected chi connectivity index (χ2v) is 31.7. The van der Waals surface area contributed by atoms with Crippen LogP contribution in [-0.2, 0) is 104 Å². The monoisotopic (exact) mass is 1780 g/mol. The van der Waals surface area contributed by atoms with Gasteiger partial charge in [0.05, 0.1) is 92.0 Å². The Kier molecular flexibility index (Phi) is 22.4. The van der Waals surface area contributed by atoms with Gasteiger partial charge >= 0.3 is 30.1 Å². The SMILES string of the molecule is O=C1OCc2c1c(-c1ccc3c(c1)OCO3)c1cc(CO)c(CO)cc1c2-c1ccncc1.O=C1OCc2c1c(-c1ccc3c(c1)OCO3)c1cc(CO)c(CO)cc1c2Nc1ccc(C(F)(F)F)cc1.O=C1OCc2c1c(-c1ccc3c(c1)OCO3)c1cc(CO)c(CO)cc1c2Nc1ccccc1.O=C1OCc2cc3cc(CO)c(CO)cc3c(-c3ccc4c(c3)OCO4)c21. The molecule has 0 unspecified atom stereocenters. The standard InChI is InChI=1S/C28H20F3NO6.C27H21NO6.C26H19NO6.C21H16O6/c29-28(30,31)17-2-4-18(5-3-17)32-26-20-8-16(11-34)15(10-33)7-19(20)24(25-21(26)12-36-27(25)35)14-1-6-22-23(9-14)38-13-37-22;29-11-16-8-19-20(9-17(16)12-30)26(28-18-4-2-1-3-5-18)21-13-32-27(31)25(21)24(19)15-6-7-22-23(10-15)34-14-33-22;28-10-16-7-18-19(8-17(16)11-29)24(15-1-2-21-22(9-15)33-13-32-21)25-20(12-31-26(25)30)23(18)14-3-5-27-6-4-14;22-7-13-3-12-4-15-9-25-21(24)20(15)19(16(12)5-14(13)8-23)11-1-2-17-18(6-11)27-10-26-17/h1-9,32-34H,10-13H2;1-10,28-30H,11-14H2;1-9,28-29H,10-13H2;1-6,22-23H,7-10H2. The summed E-state index contributed by atoms with van der Waals surface area (Å²) < 4.78 is 105. The number of carbonyl (C=O) groups excluding carboxylic acids is 4. The molecule has 132 heavy (non-hydrogen) atoms. The van der Waals surface area contributed by atoms with Gasteiger partial charge in [0.1, 0.15) is 26.4 Å². The summed E-state index contributed by atoms with van der Waals surface area (Å²) in [6, 6.07) is 56.4.